The fraction of sp³-hybridized carbons (Fsp3) is 0.462. The third kappa shape index (κ3) is 5.90. The first-order valence-electron chi connectivity index (χ1n) is 5.64. The van der Waals surface area contributed by atoms with E-state index in [1.165, 1.54) is 0 Å². The van der Waals surface area contributed by atoms with Crippen LogP contribution in [-0.4, -0.2) is 17.7 Å². The molecular formula is C13H15I3O3. The van der Waals surface area contributed by atoms with Crippen molar-refractivity contribution < 1.29 is 14.3 Å². The number of hydrogen-bond acceptors (Lipinski definition) is 3. The maximum Gasteiger partial charge on any atom is 0.347 e. The van der Waals surface area contributed by atoms with E-state index >= 15 is 0 Å². The Labute approximate surface area is 154 Å². The molecule has 1 atom stereocenters. The molecule has 0 radical (unpaired) electrons. The molecule has 0 saturated heterocycles. The first-order valence-corrected chi connectivity index (χ1v) is 8.88. The standard InChI is InChI=1S/C13H15I3O3/c1-7(12(17)19-13(2,3)4)18-11-9(15)5-8(14)6-10(11)16/h5-7H,1-4H3. The van der Waals surface area contributed by atoms with Crippen LogP contribution in [0.2, 0.25) is 0 Å². The number of carbonyl (C=O) groups excluding carboxylic acids is 1. The van der Waals surface area contributed by atoms with E-state index in [9.17, 15) is 4.79 Å². The van der Waals surface area contributed by atoms with Crippen molar-refractivity contribution >= 4 is 73.7 Å². The Bertz CT molecular complexity index is 458. The molecule has 0 spiro atoms. The van der Waals surface area contributed by atoms with E-state index in [2.05, 4.69) is 67.8 Å². The minimum Gasteiger partial charge on any atom is -0.477 e. The quantitative estimate of drug-likeness (QED) is 0.376. The highest BCUT2D eigenvalue weighted by Gasteiger charge is 2.24. The smallest absolute Gasteiger partial charge is 0.347 e. The zero-order valence-corrected chi connectivity index (χ0v) is 17.6. The highest BCUT2D eigenvalue weighted by Crippen LogP contribution is 2.30. The summed E-state index contributed by atoms with van der Waals surface area (Å²) >= 11 is 6.68. The van der Waals surface area contributed by atoms with Crippen molar-refractivity contribution in [2.45, 2.75) is 39.4 Å². The molecule has 106 valence electrons. The van der Waals surface area contributed by atoms with E-state index in [0.717, 1.165) is 16.5 Å². The normalized spacial score (nSPS) is 13.0. The summed E-state index contributed by atoms with van der Waals surface area (Å²) < 4.78 is 14.2. The van der Waals surface area contributed by atoms with Gasteiger partial charge in [-0.05, 0) is 108 Å². The van der Waals surface area contributed by atoms with Gasteiger partial charge in [0.1, 0.15) is 11.4 Å². The van der Waals surface area contributed by atoms with Crippen LogP contribution in [-0.2, 0) is 9.53 Å². The first kappa shape index (κ1) is 17.7. The van der Waals surface area contributed by atoms with Crippen LogP contribution < -0.4 is 4.74 Å². The predicted molar refractivity (Wildman–Crippen MR) is 101 cm³/mol. The predicted octanol–water partition coefficient (Wildman–Crippen LogP) is 4.61. The van der Waals surface area contributed by atoms with Crippen molar-refractivity contribution in [3.63, 3.8) is 0 Å². The lowest BCUT2D eigenvalue weighted by Crippen LogP contribution is -2.33. The van der Waals surface area contributed by atoms with Crippen LogP contribution >= 0.6 is 67.8 Å². The topological polar surface area (TPSA) is 35.5 Å². The van der Waals surface area contributed by atoms with Gasteiger partial charge in [0.15, 0.2) is 6.10 Å². The average molecular weight is 600 g/mol. The van der Waals surface area contributed by atoms with Gasteiger partial charge in [0.2, 0.25) is 0 Å². The lowest BCUT2D eigenvalue weighted by atomic mass is 10.2. The van der Waals surface area contributed by atoms with Gasteiger partial charge in [0.25, 0.3) is 0 Å². The van der Waals surface area contributed by atoms with Gasteiger partial charge >= 0.3 is 5.97 Å². The average Bonchev–Trinajstić information content (AvgIpc) is 2.20. The molecular weight excluding hydrogens is 585 g/mol. The van der Waals surface area contributed by atoms with Crippen LogP contribution in [0, 0.1) is 10.7 Å². The Morgan fingerprint density at radius 2 is 1.63 bits per heavy atom. The Kier molecular flexibility index (Phi) is 6.62. The monoisotopic (exact) mass is 600 g/mol. The summed E-state index contributed by atoms with van der Waals surface area (Å²) in [5, 5.41) is 0. The third-order valence-electron chi connectivity index (χ3n) is 2.00. The van der Waals surface area contributed by atoms with Gasteiger partial charge in [-0.15, -0.1) is 0 Å². The van der Waals surface area contributed by atoms with E-state index in [1.54, 1.807) is 6.92 Å². The minimum atomic E-state index is -0.624. The maximum atomic E-state index is 11.9. The van der Waals surface area contributed by atoms with Crippen LogP contribution in [0.5, 0.6) is 5.75 Å². The molecule has 0 saturated carbocycles. The van der Waals surface area contributed by atoms with Gasteiger partial charge in [0.05, 0.1) is 7.14 Å². The van der Waals surface area contributed by atoms with Gasteiger partial charge in [0, 0.05) is 3.57 Å². The van der Waals surface area contributed by atoms with E-state index in [1.807, 2.05) is 32.9 Å². The highest BCUT2D eigenvalue weighted by molar-refractivity contribution is 14.1. The van der Waals surface area contributed by atoms with Crippen LogP contribution in [0.1, 0.15) is 27.7 Å². The van der Waals surface area contributed by atoms with Crippen molar-refractivity contribution in [2.24, 2.45) is 0 Å². The number of rotatable bonds is 3. The molecule has 19 heavy (non-hydrogen) atoms. The van der Waals surface area contributed by atoms with E-state index in [4.69, 9.17) is 9.47 Å². The number of benzene rings is 1. The van der Waals surface area contributed by atoms with Crippen molar-refractivity contribution in [2.75, 3.05) is 0 Å². The van der Waals surface area contributed by atoms with E-state index in [0.29, 0.717) is 0 Å². The molecule has 1 aromatic carbocycles. The SMILES string of the molecule is CC(Oc1c(I)cc(I)cc1I)C(=O)OC(C)(C)C. The van der Waals surface area contributed by atoms with Crippen LogP contribution in [0.25, 0.3) is 0 Å². The molecule has 3 nitrogen and oxygen atoms in total. The summed E-state index contributed by atoms with van der Waals surface area (Å²) in [6.45, 7) is 7.24. The Hall–Kier alpha value is 0.680. The molecule has 1 unspecified atom stereocenters. The summed E-state index contributed by atoms with van der Waals surface area (Å²) in [5.41, 5.74) is -0.499. The summed E-state index contributed by atoms with van der Waals surface area (Å²) in [7, 11) is 0. The fourth-order valence-electron chi connectivity index (χ4n) is 1.25. The number of carbonyl (C=O) groups is 1. The van der Waals surface area contributed by atoms with E-state index in [-0.39, 0.29) is 5.97 Å². The zero-order valence-electron chi connectivity index (χ0n) is 11.1. The second-order valence-corrected chi connectivity index (χ2v) is 8.56. The lowest BCUT2D eigenvalue weighted by molar-refractivity contribution is -0.162. The molecule has 1 rings (SSSR count). The molecule has 0 fully saturated rings. The summed E-state index contributed by atoms with van der Waals surface area (Å²) in [6, 6.07) is 4.03. The van der Waals surface area contributed by atoms with Gasteiger partial charge < -0.3 is 9.47 Å². The molecule has 0 N–H and O–H groups in total. The van der Waals surface area contributed by atoms with Crippen LogP contribution in [0.15, 0.2) is 12.1 Å². The van der Waals surface area contributed by atoms with Gasteiger partial charge in [-0.25, -0.2) is 4.79 Å². The Balaban J connectivity index is 2.83. The second kappa shape index (κ2) is 7.10. The molecule has 0 bridgehead atoms. The Morgan fingerprint density at radius 3 is 2.05 bits per heavy atom. The molecule has 6 heteroatoms. The largest absolute Gasteiger partial charge is 0.477 e. The van der Waals surface area contributed by atoms with Gasteiger partial charge in [-0.1, -0.05) is 0 Å². The van der Waals surface area contributed by atoms with Gasteiger partial charge in [-0.3, -0.25) is 0 Å². The molecule has 0 aliphatic heterocycles. The van der Waals surface area contributed by atoms with Crippen molar-refractivity contribution in [1.82, 2.24) is 0 Å². The second-order valence-electron chi connectivity index (χ2n) is 4.99. The zero-order chi connectivity index (χ0) is 14.8. The highest BCUT2D eigenvalue weighted by atomic mass is 127. The van der Waals surface area contributed by atoms with Gasteiger partial charge in [-0.2, -0.15) is 0 Å². The maximum absolute atomic E-state index is 11.9. The van der Waals surface area contributed by atoms with Crippen LogP contribution in [0.4, 0.5) is 0 Å². The summed E-state index contributed by atoms with van der Waals surface area (Å²) in [5.74, 6) is 0.387. The number of halogens is 3. The number of ether oxygens (including phenoxy) is 2. The number of hydrogen-bond donors (Lipinski definition) is 0. The third-order valence-corrected chi connectivity index (χ3v) is 4.22. The Morgan fingerprint density at radius 1 is 1.16 bits per heavy atom. The molecule has 1 aromatic rings. The molecule has 0 amide bonds. The van der Waals surface area contributed by atoms with E-state index < -0.39 is 11.7 Å². The lowest BCUT2D eigenvalue weighted by Gasteiger charge is -2.23. The molecule has 0 aliphatic rings. The first-order chi connectivity index (χ1) is 8.60. The number of esters is 1. The van der Waals surface area contributed by atoms with Crippen molar-refractivity contribution in [3.8, 4) is 5.75 Å². The van der Waals surface area contributed by atoms with Crippen LogP contribution in [0.3, 0.4) is 0 Å². The minimum absolute atomic E-state index is 0.349. The van der Waals surface area contributed by atoms with Crippen molar-refractivity contribution in [3.05, 3.63) is 22.8 Å². The molecule has 0 aromatic heterocycles. The van der Waals surface area contributed by atoms with Crippen molar-refractivity contribution in [1.29, 1.82) is 0 Å². The summed E-state index contributed by atoms with van der Waals surface area (Å²) in [6.07, 6.45) is -0.624. The molecule has 0 heterocycles. The fourth-order valence-corrected chi connectivity index (χ4v) is 5.09. The summed E-state index contributed by atoms with van der Waals surface area (Å²) in [4.78, 5) is 11.9. The molecule has 0 aliphatic carbocycles.